The molecular weight excluding hydrogens is 577 g/mol. The van der Waals surface area contributed by atoms with Gasteiger partial charge in [-0.3, -0.25) is 9.78 Å². The summed E-state index contributed by atoms with van der Waals surface area (Å²) in [6, 6.07) is 6.17. The molecule has 2 atom stereocenters. The Morgan fingerprint density at radius 3 is 2.74 bits per heavy atom. The van der Waals surface area contributed by atoms with Gasteiger partial charge in [0.05, 0.1) is 46.5 Å². The van der Waals surface area contributed by atoms with Crippen LogP contribution >= 0.6 is 11.3 Å². The van der Waals surface area contributed by atoms with E-state index < -0.39 is 46.4 Å². The van der Waals surface area contributed by atoms with Crippen molar-refractivity contribution in [1.82, 2.24) is 15.3 Å². The third-order valence-electron chi connectivity index (χ3n) is 6.65. The van der Waals surface area contributed by atoms with Crippen molar-refractivity contribution in [3.8, 4) is 10.6 Å². The highest BCUT2D eigenvalue weighted by molar-refractivity contribution is 7.15. The fourth-order valence-corrected chi connectivity index (χ4v) is 5.26. The molecule has 5 N–H and O–H groups in total. The predicted octanol–water partition coefficient (Wildman–Crippen LogP) is 6.39. The zero-order valence-electron chi connectivity index (χ0n) is 22.0. The molecule has 3 aromatic rings. The maximum atomic E-state index is 13.7. The molecule has 0 saturated carbocycles. The van der Waals surface area contributed by atoms with Crippen molar-refractivity contribution in [3.05, 3.63) is 94.3 Å². The normalized spacial score (nSPS) is 19.7. The first kappa shape index (κ1) is 29.1. The molecular formula is C28H24F5N7OS. The summed E-state index contributed by atoms with van der Waals surface area (Å²) >= 11 is 1.38. The van der Waals surface area contributed by atoms with Crippen LogP contribution in [0.4, 0.5) is 33.5 Å². The molecule has 218 valence electrons. The van der Waals surface area contributed by atoms with E-state index in [0.717, 1.165) is 33.2 Å². The molecule has 1 aliphatic heterocycles. The number of alkyl halides is 3. The molecule has 1 amide bonds. The van der Waals surface area contributed by atoms with Gasteiger partial charge in [0.15, 0.2) is 11.7 Å². The van der Waals surface area contributed by atoms with Gasteiger partial charge in [-0.1, -0.05) is 6.58 Å². The Kier molecular flexibility index (Phi) is 7.68. The Morgan fingerprint density at radius 1 is 1.21 bits per heavy atom. The Labute approximate surface area is 241 Å². The molecule has 0 bridgehead atoms. The van der Waals surface area contributed by atoms with Crippen LogP contribution in [0.15, 0.2) is 77.7 Å². The van der Waals surface area contributed by atoms with Crippen molar-refractivity contribution in [1.29, 1.82) is 0 Å². The number of aromatic nitrogens is 2. The standard InChI is InChI=1S/C28H24F5N7OS/c1-14(15-3-5-20(29)21(30)7-15)40-26(41)18-8-16(28(31,32)33)10-36-25(18)37-11-17-4-6-24(42-17)22-9-19-23(12-35-22)38-13-39-27(19,2)34/h4-10,12-13,15H,1,3,11,34H2,2H3,(H,36,37)(H,38,39)(H,40,41). The van der Waals surface area contributed by atoms with Crippen LogP contribution < -0.4 is 21.7 Å². The Morgan fingerprint density at radius 2 is 2.00 bits per heavy atom. The number of nitrogens with two attached hydrogens (primary N) is 1. The first-order valence-corrected chi connectivity index (χ1v) is 13.4. The maximum Gasteiger partial charge on any atom is 0.417 e. The summed E-state index contributed by atoms with van der Waals surface area (Å²) in [5.74, 6) is -3.94. The molecule has 3 aromatic heterocycles. The molecule has 4 heterocycles. The Bertz CT molecular complexity index is 1660. The molecule has 0 fully saturated rings. The van der Waals surface area contributed by atoms with Gasteiger partial charge in [-0.2, -0.15) is 13.2 Å². The largest absolute Gasteiger partial charge is 0.417 e. The molecule has 2 unspecified atom stereocenters. The third-order valence-corrected chi connectivity index (χ3v) is 7.76. The van der Waals surface area contributed by atoms with Crippen LogP contribution in [0, 0.1) is 5.92 Å². The van der Waals surface area contributed by atoms with Crippen molar-refractivity contribution in [2.45, 2.75) is 31.7 Å². The number of carbonyl (C=O) groups excluding carboxylic acids is 1. The smallest absolute Gasteiger partial charge is 0.365 e. The number of fused-ring (bicyclic) bond motifs is 1. The lowest BCUT2D eigenvalue weighted by Gasteiger charge is -2.27. The van der Waals surface area contributed by atoms with E-state index in [0.29, 0.717) is 18.0 Å². The highest BCUT2D eigenvalue weighted by atomic mass is 32.1. The summed E-state index contributed by atoms with van der Waals surface area (Å²) < 4.78 is 67.3. The number of halogens is 5. The average molecular weight is 602 g/mol. The minimum Gasteiger partial charge on any atom is -0.365 e. The molecule has 0 aromatic carbocycles. The molecule has 0 saturated heterocycles. The predicted molar refractivity (Wildman–Crippen MR) is 151 cm³/mol. The second kappa shape index (κ2) is 11.1. The zero-order chi connectivity index (χ0) is 30.2. The SMILES string of the molecule is C=C(NC(=O)c1cc(C(F)(F)F)cnc1NCc1ccc(-c2cc3c(cn2)NC=NC3(C)N)s1)C1C=C(F)C(F)=CC1. The lowest BCUT2D eigenvalue weighted by Crippen LogP contribution is -2.35. The van der Waals surface area contributed by atoms with Crippen LogP contribution in [0.2, 0.25) is 0 Å². The quantitative estimate of drug-likeness (QED) is 0.233. The molecule has 0 radical (unpaired) electrons. The lowest BCUT2D eigenvalue weighted by atomic mass is 9.96. The Hall–Kier alpha value is -4.43. The summed E-state index contributed by atoms with van der Waals surface area (Å²) in [5, 5.41) is 8.33. The van der Waals surface area contributed by atoms with Crippen LogP contribution in [0.25, 0.3) is 10.6 Å². The molecule has 8 nitrogen and oxygen atoms in total. The first-order valence-electron chi connectivity index (χ1n) is 12.5. The van der Waals surface area contributed by atoms with Crippen molar-refractivity contribution < 1.29 is 26.7 Å². The zero-order valence-corrected chi connectivity index (χ0v) is 22.8. The van der Waals surface area contributed by atoms with Crippen LogP contribution in [-0.4, -0.2) is 22.2 Å². The number of nitrogens with zero attached hydrogens (tertiary/aromatic N) is 3. The summed E-state index contributed by atoms with van der Waals surface area (Å²) in [6.45, 7) is 5.59. The van der Waals surface area contributed by atoms with Gasteiger partial charge >= 0.3 is 6.18 Å². The lowest BCUT2D eigenvalue weighted by molar-refractivity contribution is -0.137. The van der Waals surface area contributed by atoms with E-state index in [9.17, 15) is 26.7 Å². The number of nitrogens with one attached hydrogen (secondary N) is 3. The van der Waals surface area contributed by atoms with E-state index >= 15 is 0 Å². The number of hydrogen-bond acceptors (Lipinski definition) is 8. The highest BCUT2D eigenvalue weighted by Crippen LogP contribution is 2.35. The number of anilines is 2. The summed E-state index contributed by atoms with van der Waals surface area (Å²) in [5.41, 5.74) is 6.01. The average Bonchev–Trinajstić information content (AvgIpc) is 3.41. The van der Waals surface area contributed by atoms with Crippen LogP contribution in [0.5, 0.6) is 0 Å². The maximum absolute atomic E-state index is 13.7. The van der Waals surface area contributed by atoms with E-state index in [-0.39, 0.29) is 24.5 Å². The number of carbonyl (C=O) groups is 1. The molecule has 42 heavy (non-hydrogen) atoms. The molecule has 5 rings (SSSR count). The van der Waals surface area contributed by atoms with Gasteiger partial charge in [-0.05, 0) is 49.8 Å². The highest BCUT2D eigenvalue weighted by Gasteiger charge is 2.33. The van der Waals surface area contributed by atoms with Crippen LogP contribution in [-0.2, 0) is 18.4 Å². The van der Waals surface area contributed by atoms with Gasteiger partial charge in [0.25, 0.3) is 5.91 Å². The van der Waals surface area contributed by atoms with Crippen LogP contribution in [0.3, 0.4) is 0 Å². The van der Waals surface area contributed by atoms with E-state index in [1.165, 1.54) is 17.7 Å². The number of hydrogen-bond donors (Lipinski definition) is 4. The van der Waals surface area contributed by atoms with Gasteiger partial charge in [-0.25, -0.2) is 18.8 Å². The van der Waals surface area contributed by atoms with Gasteiger partial charge in [0.1, 0.15) is 11.5 Å². The van der Waals surface area contributed by atoms with E-state index in [1.807, 2.05) is 18.2 Å². The van der Waals surface area contributed by atoms with E-state index in [2.05, 4.69) is 37.5 Å². The van der Waals surface area contributed by atoms with Gasteiger partial charge in [0.2, 0.25) is 0 Å². The summed E-state index contributed by atoms with van der Waals surface area (Å²) in [6.07, 6.45) is 1.03. The third kappa shape index (κ3) is 6.09. The van der Waals surface area contributed by atoms with Crippen molar-refractivity contribution in [2.24, 2.45) is 16.6 Å². The molecule has 0 spiro atoms. The monoisotopic (exact) mass is 601 g/mol. The van der Waals surface area contributed by atoms with Crippen molar-refractivity contribution in [3.63, 3.8) is 0 Å². The number of allylic oxidation sites excluding steroid dienone is 4. The number of aliphatic imine (C=N–C) groups is 1. The Balaban J connectivity index is 1.34. The number of amides is 1. The van der Waals surface area contributed by atoms with Crippen molar-refractivity contribution in [2.75, 3.05) is 10.6 Å². The summed E-state index contributed by atoms with van der Waals surface area (Å²) in [4.78, 5) is 27.3. The molecule has 14 heteroatoms. The van der Waals surface area contributed by atoms with Gasteiger partial charge in [0, 0.05) is 28.3 Å². The topological polar surface area (TPSA) is 117 Å². The summed E-state index contributed by atoms with van der Waals surface area (Å²) in [7, 11) is 0. The van der Waals surface area contributed by atoms with Gasteiger partial charge < -0.3 is 21.7 Å². The molecule has 1 aliphatic carbocycles. The van der Waals surface area contributed by atoms with Crippen molar-refractivity contribution >= 4 is 35.1 Å². The fourth-order valence-electron chi connectivity index (χ4n) is 4.35. The number of pyridine rings is 2. The fraction of sp³-hybridized carbons (Fsp3) is 0.214. The number of rotatable bonds is 7. The van der Waals surface area contributed by atoms with Crippen LogP contribution in [0.1, 0.15) is 39.7 Å². The first-order chi connectivity index (χ1) is 19.8. The van der Waals surface area contributed by atoms with Gasteiger partial charge in [-0.15, -0.1) is 11.3 Å². The van der Waals surface area contributed by atoms with E-state index in [4.69, 9.17) is 5.73 Å². The number of thiophene rings is 1. The second-order valence-electron chi connectivity index (χ2n) is 9.79. The van der Waals surface area contributed by atoms with E-state index in [1.54, 1.807) is 13.1 Å². The second-order valence-corrected chi connectivity index (χ2v) is 11.0. The molecule has 2 aliphatic rings. The minimum atomic E-state index is -4.75. The minimum absolute atomic E-state index is 0.00261.